The molecule has 1 aromatic carbocycles. The van der Waals surface area contributed by atoms with Gasteiger partial charge in [-0.3, -0.25) is 4.79 Å². The van der Waals surface area contributed by atoms with Gasteiger partial charge < -0.3 is 19.9 Å². The molecule has 1 aliphatic carbocycles. The summed E-state index contributed by atoms with van der Waals surface area (Å²) in [7, 11) is 0. The molecular weight excluding hydrogens is 392 g/mol. The lowest BCUT2D eigenvalue weighted by atomic mass is 10.1. The normalized spacial score (nSPS) is 18.6. The van der Waals surface area contributed by atoms with Gasteiger partial charge in [0, 0.05) is 51.5 Å². The van der Waals surface area contributed by atoms with Crippen LogP contribution in [0.2, 0.25) is 0 Å². The number of anilines is 1. The molecular formula is C24H28N4O3. The molecule has 1 saturated carbocycles. The van der Waals surface area contributed by atoms with Crippen LogP contribution in [0.25, 0.3) is 0 Å². The monoisotopic (exact) mass is 420 g/mol. The molecule has 0 bridgehead atoms. The molecule has 1 aromatic heterocycles. The van der Waals surface area contributed by atoms with Gasteiger partial charge in [0.25, 0.3) is 0 Å². The maximum atomic E-state index is 12.6. The Bertz CT molecular complexity index is 925. The molecule has 5 rings (SSSR count). The van der Waals surface area contributed by atoms with Gasteiger partial charge in [0.15, 0.2) is 0 Å². The number of rotatable bonds is 5. The number of benzene rings is 1. The zero-order valence-electron chi connectivity index (χ0n) is 17.6. The quantitative estimate of drug-likeness (QED) is 0.798. The van der Waals surface area contributed by atoms with Crippen molar-refractivity contribution in [3.8, 4) is 5.88 Å². The SMILES string of the molecule is O=C(CC1CC1)N1CCC(Oc2ccc(NC(=O)N3Cc4ccccc4C3)cn2)CC1. The van der Waals surface area contributed by atoms with E-state index in [4.69, 9.17) is 4.74 Å². The molecule has 7 heteroatoms. The van der Waals surface area contributed by atoms with Crippen LogP contribution >= 0.6 is 0 Å². The molecule has 3 heterocycles. The summed E-state index contributed by atoms with van der Waals surface area (Å²) in [4.78, 5) is 32.9. The van der Waals surface area contributed by atoms with Crippen LogP contribution in [0.15, 0.2) is 42.6 Å². The van der Waals surface area contributed by atoms with Gasteiger partial charge in [0.1, 0.15) is 6.10 Å². The van der Waals surface area contributed by atoms with Crippen LogP contribution in [0.1, 0.15) is 43.2 Å². The number of ether oxygens (including phenoxy) is 1. The number of hydrogen-bond donors (Lipinski definition) is 1. The van der Waals surface area contributed by atoms with Crippen molar-refractivity contribution in [2.24, 2.45) is 5.92 Å². The highest BCUT2D eigenvalue weighted by Crippen LogP contribution is 2.33. The second-order valence-electron chi connectivity index (χ2n) is 8.79. The minimum atomic E-state index is -0.130. The lowest BCUT2D eigenvalue weighted by Gasteiger charge is -2.32. The van der Waals surface area contributed by atoms with Gasteiger partial charge in [0.05, 0.1) is 11.9 Å². The number of carbonyl (C=O) groups excluding carboxylic acids is 2. The van der Waals surface area contributed by atoms with Gasteiger partial charge in [-0.05, 0) is 36.0 Å². The Labute approximate surface area is 182 Å². The fraction of sp³-hybridized carbons (Fsp3) is 0.458. The minimum absolute atomic E-state index is 0.0704. The maximum absolute atomic E-state index is 12.6. The molecule has 3 amide bonds. The van der Waals surface area contributed by atoms with E-state index in [9.17, 15) is 9.59 Å². The summed E-state index contributed by atoms with van der Waals surface area (Å²) in [5.74, 6) is 1.47. The average Bonchev–Trinajstić information content (AvgIpc) is 3.49. The van der Waals surface area contributed by atoms with Gasteiger partial charge in [-0.15, -0.1) is 0 Å². The van der Waals surface area contributed by atoms with E-state index in [-0.39, 0.29) is 12.1 Å². The third-order valence-electron chi connectivity index (χ3n) is 6.36. The Balaban J connectivity index is 1.08. The molecule has 0 radical (unpaired) electrons. The number of likely N-dealkylation sites (tertiary alicyclic amines) is 1. The summed E-state index contributed by atoms with van der Waals surface area (Å²) in [6.45, 7) is 2.75. The van der Waals surface area contributed by atoms with Crippen molar-refractivity contribution in [2.75, 3.05) is 18.4 Å². The summed E-state index contributed by atoms with van der Waals surface area (Å²) in [6.07, 6.45) is 6.48. The Morgan fingerprint density at radius 2 is 1.68 bits per heavy atom. The van der Waals surface area contributed by atoms with Crippen LogP contribution in [-0.4, -0.2) is 45.9 Å². The minimum Gasteiger partial charge on any atom is -0.474 e. The summed E-state index contributed by atoms with van der Waals surface area (Å²) in [5.41, 5.74) is 3.04. The van der Waals surface area contributed by atoms with Crippen molar-refractivity contribution in [3.05, 3.63) is 53.7 Å². The van der Waals surface area contributed by atoms with Crippen molar-refractivity contribution in [3.63, 3.8) is 0 Å². The predicted octanol–water partition coefficient (Wildman–Crippen LogP) is 3.80. The van der Waals surface area contributed by atoms with E-state index in [1.165, 1.54) is 24.0 Å². The van der Waals surface area contributed by atoms with Crippen molar-refractivity contribution in [1.29, 1.82) is 0 Å². The second kappa shape index (κ2) is 8.57. The van der Waals surface area contributed by atoms with Crippen LogP contribution in [0.3, 0.4) is 0 Å². The van der Waals surface area contributed by atoms with E-state index in [0.29, 0.717) is 42.9 Å². The molecule has 3 aliphatic rings. The highest BCUT2D eigenvalue weighted by atomic mass is 16.5. The van der Waals surface area contributed by atoms with Crippen molar-refractivity contribution >= 4 is 17.6 Å². The summed E-state index contributed by atoms with van der Waals surface area (Å²) in [5, 5.41) is 2.91. The van der Waals surface area contributed by atoms with Gasteiger partial charge in [-0.2, -0.15) is 0 Å². The first kappa shape index (κ1) is 19.8. The van der Waals surface area contributed by atoms with E-state index in [2.05, 4.69) is 22.4 Å². The van der Waals surface area contributed by atoms with Crippen molar-refractivity contribution in [2.45, 2.75) is 51.3 Å². The number of carbonyl (C=O) groups is 2. The van der Waals surface area contributed by atoms with Gasteiger partial charge >= 0.3 is 6.03 Å². The number of fused-ring (bicyclic) bond motifs is 1. The first-order valence-electron chi connectivity index (χ1n) is 11.2. The van der Waals surface area contributed by atoms with Crippen molar-refractivity contribution in [1.82, 2.24) is 14.8 Å². The zero-order chi connectivity index (χ0) is 21.2. The smallest absolute Gasteiger partial charge is 0.322 e. The van der Waals surface area contributed by atoms with E-state index >= 15 is 0 Å². The lowest BCUT2D eigenvalue weighted by molar-refractivity contribution is -0.133. The second-order valence-corrected chi connectivity index (χ2v) is 8.79. The summed E-state index contributed by atoms with van der Waals surface area (Å²) >= 11 is 0. The number of aromatic nitrogens is 1. The zero-order valence-corrected chi connectivity index (χ0v) is 17.6. The standard InChI is InChI=1S/C24H28N4O3/c29-23(13-17-5-6-17)27-11-9-21(10-12-27)31-22-8-7-20(14-25-22)26-24(30)28-15-18-3-1-2-4-19(18)16-28/h1-4,7-8,14,17,21H,5-6,9-13,15-16H2,(H,26,30). The molecule has 7 nitrogen and oxygen atoms in total. The number of pyridine rings is 1. The first-order valence-corrected chi connectivity index (χ1v) is 11.2. The molecule has 2 aliphatic heterocycles. The Morgan fingerprint density at radius 3 is 2.29 bits per heavy atom. The van der Waals surface area contributed by atoms with E-state index in [0.717, 1.165) is 25.9 Å². The number of amides is 3. The average molecular weight is 421 g/mol. The fourth-order valence-corrected chi connectivity index (χ4v) is 4.30. The molecule has 2 aromatic rings. The molecule has 1 saturated heterocycles. The van der Waals surface area contributed by atoms with Crippen LogP contribution in [0.5, 0.6) is 5.88 Å². The predicted molar refractivity (Wildman–Crippen MR) is 117 cm³/mol. The number of hydrogen-bond acceptors (Lipinski definition) is 4. The molecule has 0 atom stereocenters. The summed E-state index contributed by atoms with van der Waals surface area (Å²) in [6, 6.07) is 11.6. The van der Waals surface area contributed by atoms with E-state index in [1.54, 1.807) is 17.2 Å². The first-order chi connectivity index (χ1) is 15.1. The Hall–Kier alpha value is -3.09. The van der Waals surface area contributed by atoms with Crippen LogP contribution in [0.4, 0.5) is 10.5 Å². The Morgan fingerprint density at radius 1 is 0.968 bits per heavy atom. The topological polar surface area (TPSA) is 74.8 Å². The van der Waals surface area contributed by atoms with Gasteiger partial charge in [-0.1, -0.05) is 24.3 Å². The van der Waals surface area contributed by atoms with E-state index in [1.807, 2.05) is 23.1 Å². The lowest BCUT2D eigenvalue weighted by Crippen LogP contribution is -2.41. The molecule has 162 valence electrons. The van der Waals surface area contributed by atoms with Gasteiger partial charge in [0.2, 0.25) is 11.8 Å². The number of nitrogens with one attached hydrogen (secondary N) is 1. The maximum Gasteiger partial charge on any atom is 0.322 e. The molecule has 31 heavy (non-hydrogen) atoms. The van der Waals surface area contributed by atoms with Crippen LogP contribution in [0, 0.1) is 5.92 Å². The number of urea groups is 1. The highest BCUT2D eigenvalue weighted by Gasteiger charge is 2.29. The molecule has 1 N–H and O–H groups in total. The van der Waals surface area contributed by atoms with E-state index < -0.39 is 0 Å². The molecule has 0 spiro atoms. The molecule has 0 unspecified atom stereocenters. The fourth-order valence-electron chi connectivity index (χ4n) is 4.30. The largest absolute Gasteiger partial charge is 0.474 e. The summed E-state index contributed by atoms with van der Waals surface area (Å²) < 4.78 is 6.01. The Kier molecular flexibility index (Phi) is 5.49. The number of piperidine rings is 1. The van der Waals surface area contributed by atoms with Crippen molar-refractivity contribution < 1.29 is 14.3 Å². The third kappa shape index (κ3) is 4.81. The third-order valence-corrected chi connectivity index (χ3v) is 6.36. The van der Waals surface area contributed by atoms with Crippen LogP contribution in [-0.2, 0) is 17.9 Å². The molecule has 2 fully saturated rings. The van der Waals surface area contributed by atoms with Crippen LogP contribution < -0.4 is 10.1 Å². The number of nitrogens with zero attached hydrogens (tertiary/aromatic N) is 3. The highest BCUT2D eigenvalue weighted by molar-refractivity contribution is 5.89. The van der Waals surface area contributed by atoms with Gasteiger partial charge in [-0.25, -0.2) is 9.78 Å².